The normalized spacial score (nSPS) is 11.2. The van der Waals surface area contributed by atoms with Crippen LogP contribution in [0.15, 0.2) is 29.7 Å². The Balaban J connectivity index is 1.70. The number of aromatic amines is 1. The molecule has 0 bridgehead atoms. The Morgan fingerprint density at radius 1 is 1.23 bits per heavy atom. The van der Waals surface area contributed by atoms with Crippen molar-refractivity contribution >= 4 is 58.2 Å². The van der Waals surface area contributed by atoms with Crippen molar-refractivity contribution < 1.29 is 24.1 Å². The lowest BCUT2D eigenvalue weighted by molar-refractivity contribution is -0.133. The number of aromatic nitrogens is 5. The molecule has 0 aliphatic heterocycles. The second-order valence-electron chi connectivity index (χ2n) is 8.91. The first-order valence-corrected chi connectivity index (χ1v) is 13.5. The molecule has 6 N–H and O–H groups in total. The number of nitrogens with two attached hydrogens (primary N) is 1. The summed E-state index contributed by atoms with van der Waals surface area (Å²) in [7, 11) is 0.818. The number of halogens is 1. The van der Waals surface area contributed by atoms with E-state index in [4.69, 9.17) is 15.6 Å². The minimum atomic E-state index is -0.967. The molecular weight excluding hydrogens is 526 g/mol. The molecule has 0 atom stereocenters. The molecule has 39 heavy (non-hydrogen) atoms. The van der Waals surface area contributed by atoms with Crippen LogP contribution >= 0.6 is 11.8 Å². The van der Waals surface area contributed by atoms with Gasteiger partial charge in [0.1, 0.15) is 17.3 Å². The molecule has 4 rings (SSSR count). The molecule has 15 heteroatoms. The van der Waals surface area contributed by atoms with Crippen LogP contribution in [0, 0.1) is 5.82 Å². The lowest BCUT2D eigenvalue weighted by Gasteiger charge is -2.20. The number of hydrogen-bond donors (Lipinski definition) is 5. The number of carboxylic acid groups (broad SMARTS) is 1. The molecule has 0 aliphatic rings. The number of nitrogens with one attached hydrogen (secondary N) is 2. The van der Waals surface area contributed by atoms with Crippen LogP contribution in [0.3, 0.4) is 0 Å². The van der Waals surface area contributed by atoms with Crippen LogP contribution < -0.4 is 20.6 Å². The van der Waals surface area contributed by atoms with E-state index in [0.717, 1.165) is 37.4 Å². The van der Waals surface area contributed by atoms with Gasteiger partial charge in [-0.2, -0.15) is 9.97 Å². The third kappa shape index (κ3) is 7.05. The molecule has 0 spiro atoms. The maximum atomic E-state index is 14.7. The van der Waals surface area contributed by atoms with Crippen LogP contribution in [0.1, 0.15) is 25.7 Å². The fourth-order valence-electron chi connectivity index (χ4n) is 3.97. The number of thioether (sulfide) groups is 1. The van der Waals surface area contributed by atoms with Gasteiger partial charge in [-0.15, -0.1) is 0 Å². The molecule has 206 valence electrons. The predicted octanol–water partition coefficient (Wildman–Crippen LogP) is 3.49. The van der Waals surface area contributed by atoms with Crippen LogP contribution in [-0.2, 0) is 4.79 Å². The molecule has 3 heterocycles. The van der Waals surface area contributed by atoms with Crippen molar-refractivity contribution in [3.63, 3.8) is 0 Å². The number of unbranched alkanes of at least 4 members (excludes halogenated alkanes) is 3. The highest BCUT2D eigenvalue weighted by Crippen LogP contribution is 2.37. The number of H-pyrrole nitrogens is 1. The van der Waals surface area contributed by atoms with Crippen molar-refractivity contribution in [1.29, 1.82) is 0 Å². The van der Waals surface area contributed by atoms with Crippen molar-refractivity contribution in [2.24, 2.45) is 5.73 Å². The first-order valence-electron chi connectivity index (χ1n) is 12.5. The molecule has 0 aliphatic carbocycles. The SMILES string of the molecule is CB(O)N(C)c1cc(F)cc2c1[nH]c1nc(Oc3cnc(SCC(=O)O)nc3)nc(NCCCCCCN)c12. The predicted molar refractivity (Wildman–Crippen MR) is 150 cm³/mol. The number of fused-ring (bicyclic) bond motifs is 3. The maximum Gasteiger partial charge on any atom is 0.409 e. The molecule has 0 amide bonds. The van der Waals surface area contributed by atoms with Gasteiger partial charge < -0.3 is 35.7 Å². The summed E-state index contributed by atoms with van der Waals surface area (Å²) < 4.78 is 20.5. The zero-order valence-electron chi connectivity index (χ0n) is 21.6. The molecule has 1 aromatic carbocycles. The van der Waals surface area contributed by atoms with Crippen molar-refractivity contribution in [3.8, 4) is 11.8 Å². The number of benzene rings is 1. The van der Waals surface area contributed by atoms with Crippen LogP contribution in [-0.4, -0.2) is 74.0 Å². The first-order chi connectivity index (χ1) is 18.8. The number of rotatable bonds is 14. The molecule has 4 aromatic rings. The highest BCUT2D eigenvalue weighted by molar-refractivity contribution is 7.99. The average molecular weight is 556 g/mol. The molecule has 0 radical (unpaired) electrons. The first kappa shape index (κ1) is 28.3. The standard InChI is InChI=1S/C24H30BFN8O4S/c1-25(37)34(2)17-10-14(26)9-16-19-21(28-8-6-4-3-5-7-27)32-23(33-22(19)31-20(16)17)38-15-11-29-24(30-12-15)39-13-18(35)36/h9-12,37H,3-8,13,27H2,1-2H3,(H,35,36)(H2,28,31,32,33). The topological polar surface area (TPSA) is 175 Å². The fourth-order valence-corrected chi connectivity index (χ4v) is 4.48. The average Bonchev–Trinajstić information content (AvgIpc) is 3.27. The number of aliphatic carboxylic acids is 1. The number of nitrogens with zero attached hydrogens (tertiary/aromatic N) is 5. The Hall–Kier alpha value is -3.69. The van der Waals surface area contributed by atoms with E-state index in [1.165, 1.54) is 24.5 Å². The third-order valence-corrected chi connectivity index (χ3v) is 6.85. The zero-order chi connectivity index (χ0) is 27.9. The minimum Gasteiger partial charge on any atom is -0.481 e. The Morgan fingerprint density at radius 3 is 2.67 bits per heavy atom. The summed E-state index contributed by atoms with van der Waals surface area (Å²) in [6.45, 7) is 2.88. The lowest BCUT2D eigenvalue weighted by Crippen LogP contribution is -2.33. The van der Waals surface area contributed by atoms with Gasteiger partial charge in [-0.05, 0) is 45.4 Å². The van der Waals surface area contributed by atoms with Crippen LogP contribution in [0.4, 0.5) is 15.9 Å². The minimum absolute atomic E-state index is 0.0140. The van der Waals surface area contributed by atoms with Crippen molar-refractivity contribution in [2.75, 3.05) is 36.0 Å². The van der Waals surface area contributed by atoms with Gasteiger partial charge >= 0.3 is 19.0 Å². The van der Waals surface area contributed by atoms with Crippen molar-refractivity contribution in [3.05, 3.63) is 30.3 Å². The molecule has 0 unspecified atom stereocenters. The Labute approximate surface area is 228 Å². The summed E-state index contributed by atoms with van der Waals surface area (Å²) in [4.78, 5) is 32.9. The maximum absolute atomic E-state index is 14.7. The lowest BCUT2D eigenvalue weighted by atomic mass is 9.85. The monoisotopic (exact) mass is 556 g/mol. The second kappa shape index (κ2) is 12.9. The number of carbonyl (C=O) groups is 1. The van der Waals surface area contributed by atoms with Gasteiger partial charge in [-0.25, -0.2) is 14.4 Å². The van der Waals surface area contributed by atoms with E-state index < -0.39 is 18.8 Å². The molecular formula is C24H30BFN8O4S. The van der Waals surface area contributed by atoms with Gasteiger partial charge in [0.15, 0.2) is 10.9 Å². The number of ether oxygens (including phenoxy) is 1. The van der Waals surface area contributed by atoms with Gasteiger partial charge in [-0.1, -0.05) is 24.6 Å². The second-order valence-corrected chi connectivity index (χ2v) is 9.85. The Kier molecular flexibility index (Phi) is 9.38. The summed E-state index contributed by atoms with van der Waals surface area (Å²) >= 11 is 0.990. The number of anilines is 2. The third-order valence-electron chi connectivity index (χ3n) is 5.99. The van der Waals surface area contributed by atoms with E-state index in [-0.39, 0.29) is 17.5 Å². The summed E-state index contributed by atoms with van der Waals surface area (Å²) in [6, 6.07) is 2.77. The van der Waals surface area contributed by atoms with Gasteiger partial charge in [0.05, 0.1) is 34.7 Å². The van der Waals surface area contributed by atoms with E-state index in [2.05, 4.69) is 30.2 Å². The fraction of sp³-hybridized carbons (Fsp3) is 0.375. The van der Waals surface area contributed by atoms with E-state index >= 15 is 0 Å². The van der Waals surface area contributed by atoms with Crippen molar-refractivity contribution in [1.82, 2.24) is 24.9 Å². The van der Waals surface area contributed by atoms with Crippen LogP contribution in [0.2, 0.25) is 6.82 Å². The van der Waals surface area contributed by atoms with Gasteiger partial charge in [-0.3, -0.25) is 4.79 Å². The smallest absolute Gasteiger partial charge is 0.409 e. The molecule has 0 saturated heterocycles. The molecule has 12 nitrogen and oxygen atoms in total. The highest BCUT2D eigenvalue weighted by Gasteiger charge is 2.22. The van der Waals surface area contributed by atoms with Gasteiger partial charge in [0.25, 0.3) is 0 Å². The highest BCUT2D eigenvalue weighted by atomic mass is 32.2. The van der Waals surface area contributed by atoms with E-state index in [1.54, 1.807) is 18.7 Å². The van der Waals surface area contributed by atoms with Crippen molar-refractivity contribution in [2.45, 2.75) is 37.7 Å². The number of hydrogen-bond acceptors (Lipinski definition) is 11. The van der Waals surface area contributed by atoms with E-state index in [1.807, 2.05) is 0 Å². The Bertz CT molecular complexity index is 1440. The molecule has 0 fully saturated rings. The van der Waals surface area contributed by atoms with Crippen LogP contribution in [0.5, 0.6) is 11.8 Å². The largest absolute Gasteiger partial charge is 0.481 e. The van der Waals surface area contributed by atoms with Gasteiger partial charge in [0.2, 0.25) is 0 Å². The molecule has 0 saturated carbocycles. The van der Waals surface area contributed by atoms with Crippen LogP contribution in [0.25, 0.3) is 21.9 Å². The van der Waals surface area contributed by atoms with E-state index in [0.29, 0.717) is 51.7 Å². The summed E-state index contributed by atoms with van der Waals surface area (Å²) in [5, 5.41) is 23.7. The summed E-state index contributed by atoms with van der Waals surface area (Å²) in [5.74, 6) is -0.860. The molecule has 3 aromatic heterocycles. The summed E-state index contributed by atoms with van der Waals surface area (Å²) in [6.07, 6.45) is 6.69. The van der Waals surface area contributed by atoms with Gasteiger partial charge in [0, 0.05) is 11.9 Å². The Morgan fingerprint density at radius 2 is 1.97 bits per heavy atom. The summed E-state index contributed by atoms with van der Waals surface area (Å²) in [5.41, 5.74) is 7.06. The van der Waals surface area contributed by atoms with E-state index in [9.17, 15) is 14.2 Å². The number of carboxylic acids is 1. The quantitative estimate of drug-likeness (QED) is 0.0663. The zero-order valence-corrected chi connectivity index (χ0v) is 22.5.